The second-order valence-corrected chi connectivity index (χ2v) is 10.4. The van der Waals surface area contributed by atoms with Gasteiger partial charge in [-0.05, 0) is 48.1 Å². The molecule has 12 nitrogen and oxygen atoms in total. The van der Waals surface area contributed by atoms with Crippen LogP contribution in [0.2, 0.25) is 0 Å². The molecule has 0 heterocycles. The second kappa shape index (κ2) is 16.9. The van der Waals surface area contributed by atoms with Crippen LogP contribution in [0.3, 0.4) is 0 Å². The summed E-state index contributed by atoms with van der Waals surface area (Å²) in [6.07, 6.45) is 1.55. The van der Waals surface area contributed by atoms with Crippen molar-refractivity contribution in [3.63, 3.8) is 0 Å². The summed E-state index contributed by atoms with van der Waals surface area (Å²) in [4.78, 5) is 62.1. The first kappa shape index (κ1) is 33.1. The van der Waals surface area contributed by atoms with E-state index in [0.717, 1.165) is 0 Å². The van der Waals surface area contributed by atoms with Crippen LogP contribution in [0.4, 0.5) is 0 Å². The van der Waals surface area contributed by atoms with E-state index >= 15 is 0 Å². The number of phenolic OH excluding ortho intramolecular Hbond substituents is 1. The van der Waals surface area contributed by atoms with Gasteiger partial charge >= 0.3 is 11.9 Å². The predicted octanol–water partition coefficient (Wildman–Crippen LogP) is 0.662. The number of phenols is 1. The third kappa shape index (κ3) is 11.9. The van der Waals surface area contributed by atoms with E-state index in [-0.39, 0.29) is 37.9 Å². The zero-order chi connectivity index (χ0) is 30.4. The quantitative estimate of drug-likeness (QED) is 0.137. The Morgan fingerprint density at radius 3 is 1.88 bits per heavy atom. The first-order chi connectivity index (χ1) is 19.5. The predicted molar refractivity (Wildman–Crippen MR) is 153 cm³/mol. The summed E-state index contributed by atoms with van der Waals surface area (Å²) in [5, 5.41) is 35.9. The van der Waals surface area contributed by atoms with Crippen LogP contribution in [0.5, 0.6) is 5.75 Å². The molecule has 2 rings (SSSR count). The molecule has 3 amide bonds. The molecule has 0 aliphatic carbocycles. The summed E-state index contributed by atoms with van der Waals surface area (Å²) in [6.45, 7) is 0. The molecule has 4 unspecified atom stereocenters. The molecule has 0 radical (unpaired) electrons. The van der Waals surface area contributed by atoms with Gasteiger partial charge in [0.05, 0.1) is 6.04 Å². The highest BCUT2D eigenvalue weighted by atomic mass is 32.2. The Labute approximate surface area is 242 Å². The van der Waals surface area contributed by atoms with E-state index in [1.807, 2.05) is 6.26 Å². The Bertz CT molecular complexity index is 1180. The van der Waals surface area contributed by atoms with Crippen molar-refractivity contribution in [1.82, 2.24) is 16.0 Å². The number of rotatable bonds is 17. The fourth-order valence-corrected chi connectivity index (χ4v) is 4.34. The number of benzene rings is 2. The number of hydrogen-bond donors (Lipinski definition) is 7. The van der Waals surface area contributed by atoms with E-state index in [9.17, 15) is 34.2 Å². The Morgan fingerprint density at radius 1 is 0.756 bits per heavy atom. The van der Waals surface area contributed by atoms with Crippen LogP contribution in [-0.4, -0.2) is 81.2 Å². The number of nitrogens with one attached hydrogen (secondary N) is 3. The van der Waals surface area contributed by atoms with E-state index in [2.05, 4.69) is 16.0 Å². The monoisotopic (exact) mass is 588 g/mol. The minimum atomic E-state index is -1.27. The molecule has 4 atom stereocenters. The fraction of sp³-hybridized carbons (Fsp3) is 0.393. The molecule has 0 spiro atoms. The maximum Gasteiger partial charge on any atom is 0.326 e. The van der Waals surface area contributed by atoms with Gasteiger partial charge in [-0.1, -0.05) is 42.5 Å². The lowest BCUT2D eigenvalue weighted by Crippen LogP contribution is -2.58. The third-order valence-corrected chi connectivity index (χ3v) is 6.80. The minimum Gasteiger partial charge on any atom is -0.508 e. The van der Waals surface area contributed by atoms with Crippen LogP contribution in [0, 0.1) is 0 Å². The lowest BCUT2D eigenvalue weighted by molar-refractivity contribution is -0.142. The lowest BCUT2D eigenvalue weighted by atomic mass is 10.0. The summed E-state index contributed by atoms with van der Waals surface area (Å²) >= 11 is 1.43. The Kier molecular flexibility index (Phi) is 13.6. The normalized spacial score (nSPS) is 13.7. The van der Waals surface area contributed by atoms with Crippen LogP contribution in [0.1, 0.15) is 30.4 Å². The molecule has 2 aromatic rings. The van der Waals surface area contributed by atoms with Gasteiger partial charge in [-0.15, -0.1) is 0 Å². The molecule has 0 saturated heterocycles. The van der Waals surface area contributed by atoms with Gasteiger partial charge in [0.1, 0.15) is 23.9 Å². The van der Waals surface area contributed by atoms with Crippen molar-refractivity contribution in [1.29, 1.82) is 0 Å². The zero-order valence-corrected chi connectivity index (χ0v) is 23.4. The molecular formula is C28H36N4O8S. The molecular weight excluding hydrogens is 552 g/mol. The molecule has 13 heteroatoms. The summed E-state index contributed by atoms with van der Waals surface area (Å²) in [5.74, 6) is -4.02. The number of carbonyl (C=O) groups excluding carboxylic acids is 3. The van der Waals surface area contributed by atoms with Crippen LogP contribution in [-0.2, 0) is 36.8 Å². The standard InChI is InChI=1S/C28H36N4O8S/c1-41-14-13-21(30-25(36)20(29)11-12-24(34)35)26(37)31-22(15-18-7-9-19(33)10-8-18)27(38)32-23(28(39)40)16-17-5-3-2-4-6-17/h2-10,20-23,33H,11-16,29H2,1H3,(H,30,36)(H,31,37)(H,32,38)(H,34,35)(H,39,40). The van der Waals surface area contributed by atoms with Gasteiger partial charge in [-0.25, -0.2) is 4.79 Å². The number of aromatic hydroxyl groups is 1. The first-order valence-corrected chi connectivity index (χ1v) is 14.3. The van der Waals surface area contributed by atoms with Crippen molar-refractivity contribution in [3.8, 4) is 5.75 Å². The molecule has 2 aromatic carbocycles. The van der Waals surface area contributed by atoms with E-state index in [1.165, 1.54) is 23.9 Å². The van der Waals surface area contributed by atoms with E-state index in [1.54, 1.807) is 42.5 Å². The van der Waals surface area contributed by atoms with Crippen LogP contribution in [0.25, 0.3) is 0 Å². The lowest BCUT2D eigenvalue weighted by Gasteiger charge is -2.25. The van der Waals surface area contributed by atoms with E-state index in [4.69, 9.17) is 10.8 Å². The highest BCUT2D eigenvalue weighted by molar-refractivity contribution is 7.98. The maximum absolute atomic E-state index is 13.4. The Morgan fingerprint density at radius 2 is 1.29 bits per heavy atom. The zero-order valence-electron chi connectivity index (χ0n) is 22.6. The Balaban J connectivity index is 2.24. The number of carbonyl (C=O) groups is 5. The van der Waals surface area contributed by atoms with Gasteiger partial charge in [0, 0.05) is 19.3 Å². The minimum absolute atomic E-state index is 0.00617. The van der Waals surface area contributed by atoms with Gasteiger partial charge in [0.25, 0.3) is 0 Å². The van der Waals surface area contributed by atoms with Crippen molar-refractivity contribution in [2.75, 3.05) is 12.0 Å². The number of nitrogens with two attached hydrogens (primary N) is 1. The van der Waals surface area contributed by atoms with Gasteiger partial charge in [-0.2, -0.15) is 11.8 Å². The third-order valence-electron chi connectivity index (χ3n) is 6.16. The smallest absolute Gasteiger partial charge is 0.326 e. The molecule has 222 valence electrons. The number of thioether (sulfide) groups is 1. The SMILES string of the molecule is CSCCC(NC(=O)C(N)CCC(=O)O)C(=O)NC(Cc1ccc(O)cc1)C(=O)NC(Cc1ccccc1)C(=O)O. The van der Waals surface area contributed by atoms with Crippen LogP contribution < -0.4 is 21.7 Å². The number of carboxylic acid groups (broad SMARTS) is 2. The number of amides is 3. The average Bonchev–Trinajstić information content (AvgIpc) is 2.94. The largest absolute Gasteiger partial charge is 0.508 e. The van der Waals surface area contributed by atoms with Crippen molar-refractivity contribution >= 4 is 41.4 Å². The van der Waals surface area contributed by atoms with Gasteiger partial charge in [-0.3, -0.25) is 19.2 Å². The molecule has 8 N–H and O–H groups in total. The van der Waals surface area contributed by atoms with Crippen molar-refractivity contribution < 1.29 is 39.3 Å². The van der Waals surface area contributed by atoms with Crippen molar-refractivity contribution in [2.45, 2.75) is 56.3 Å². The molecule has 0 fully saturated rings. The highest BCUT2D eigenvalue weighted by Crippen LogP contribution is 2.13. The summed E-state index contributed by atoms with van der Waals surface area (Å²) < 4.78 is 0. The summed E-state index contributed by atoms with van der Waals surface area (Å²) in [5.41, 5.74) is 7.08. The maximum atomic E-state index is 13.4. The van der Waals surface area contributed by atoms with Gasteiger partial charge < -0.3 is 37.0 Å². The number of hydrogen-bond acceptors (Lipinski definition) is 8. The van der Waals surface area contributed by atoms with Crippen LogP contribution in [0.15, 0.2) is 54.6 Å². The molecule has 41 heavy (non-hydrogen) atoms. The number of carboxylic acids is 2. The first-order valence-electron chi connectivity index (χ1n) is 12.9. The molecule has 0 aromatic heterocycles. The van der Waals surface area contributed by atoms with Crippen molar-refractivity contribution in [3.05, 3.63) is 65.7 Å². The molecule has 0 aliphatic heterocycles. The van der Waals surface area contributed by atoms with Crippen molar-refractivity contribution in [2.24, 2.45) is 5.73 Å². The van der Waals surface area contributed by atoms with E-state index < -0.39 is 53.8 Å². The molecule has 0 saturated carbocycles. The van der Waals surface area contributed by atoms with E-state index in [0.29, 0.717) is 16.9 Å². The molecule has 0 aliphatic rings. The fourth-order valence-electron chi connectivity index (χ4n) is 3.86. The number of aliphatic carboxylic acids is 2. The average molecular weight is 589 g/mol. The summed E-state index contributed by atoms with van der Waals surface area (Å²) in [7, 11) is 0. The molecule has 0 bridgehead atoms. The van der Waals surface area contributed by atoms with Gasteiger partial charge in [0.15, 0.2) is 0 Å². The second-order valence-electron chi connectivity index (χ2n) is 9.40. The van der Waals surface area contributed by atoms with Gasteiger partial charge in [0.2, 0.25) is 17.7 Å². The van der Waals surface area contributed by atoms with Crippen LogP contribution >= 0.6 is 11.8 Å². The summed E-state index contributed by atoms with van der Waals surface area (Å²) in [6, 6.07) is 9.99. The topological polar surface area (TPSA) is 208 Å². The highest BCUT2D eigenvalue weighted by Gasteiger charge is 2.30. The Hall–Kier alpha value is -4.10.